The summed E-state index contributed by atoms with van der Waals surface area (Å²) in [6, 6.07) is 12.5. The number of benzene rings is 2. The van der Waals surface area contributed by atoms with Gasteiger partial charge < -0.3 is 15.1 Å². The van der Waals surface area contributed by atoms with Crippen LogP contribution < -0.4 is 10.2 Å². The summed E-state index contributed by atoms with van der Waals surface area (Å²) in [6.07, 6.45) is 2.10. The second-order valence-electron chi connectivity index (χ2n) is 7.16. The van der Waals surface area contributed by atoms with Gasteiger partial charge in [0.25, 0.3) is 11.6 Å². The molecule has 1 aliphatic carbocycles. The van der Waals surface area contributed by atoms with Gasteiger partial charge in [0.15, 0.2) is 0 Å². The summed E-state index contributed by atoms with van der Waals surface area (Å²) in [7, 11) is 0. The highest BCUT2D eigenvalue weighted by molar-refractivity contribution is 6.30. The van der Waals surface area contributed by atoms with Crippen LogP contribution >= 0.6 is 11.6 Å². The highest BCUT2D eigenvalue weighted by Gasteiger charge is 2.27. The number of amides is 1. The quantitative estimate of drug-likeness (QED) is 0.610. The van der Waals surface area contributed by atoms with E-state index in [-0.39, 0.29) is 16.5 Å². The molecule has 1 amide bonds. The Labute approximate surface area is 168 Å². The molecule has 0 spiro atoms. The Hall–Kier alpha value is -2.80. The van der Waals surface area contributed by atoms with E-state index in [1.165, 1.54) is 0 Å². The highest BCUT2D eigenvalue weighted by Crippen LogP contribution is 2.34. The molecule has 1 N–H and O–H groups in total. The molecule has 28 heavy (non-hydrogen) atoms. The summed E-state index contributed by atoms with van der Waals surface area (Å²) < 4.78 is 0. The van der Waals surface area contributed by atoms with Crippen LogP contribution in [0.1, 0.15) is 23.2 Å². The molecule has 8 heteroatoms. The van der Waals surface area contributed by atoms with Crippen molar-refractivity contribution in [2.45, 2.75) is 18.9 Å². The SMILES string of the molecule is O=C(c1ccc(Cl)cc1)N1CCN(c2ccc([N+](=O)[O-])c(NC3CC3)c2)CC1. The molecule has 1 aliphatic heterocycles. The van der Waals surface area contributed by atoms with Crippen LogP contribution in [0.3, 0.4) is 0 Å². The first-order chi connectivity index (χ1) is 13.5. The van der Waals surface area contributed by atoms with Crippen LogP contribution in [0.4, 0.5) is 17.1 Å². The average Bonchev–Trinajstić information content (AvgIpc) is 3.52. The molecule has 1 saturated heterocycles. The number of nitro benzene ring substituents is 1. The Morgan fingerprint density at radius 3 is 2.36 bits per heavy atom. The highest BCUT2D eigenvalue weighted by atomic mass is 35.5. The van der Waals surface area contributed by atoms with E-state index in [1.54, 1.807) is 36.4 Å². The van der Waals surface area contributed by atoms with Crippen molar-refractivity contribution in [2.75, 3.05) is 36.4 Å². The summed E-state index contributed by atoms with van der Waals surface area (Å²) >= 11 is 5.89. The van der Waals surface area contributed by atoms with Gasteiger partial charge in [-0.25, -0.2) is 0 Å². The van der Waals surface area contributed by atoms with Gasteiger partial charge in [-0.1, -0.05) is 11.6 Å². The minimum absolute atomic E-state index is 0.00361. The van der Waals surface area contributed by atoms with Crippen LogP contribution in [0.15, 0.2) is 42.5 Å². The first kappa shape index (κ1) is 18.6. The number of carbonyl (C=O) groups is 1. The number of rotatable bonds is 5. The number of hydrogen-bond acceptors (Lipinski definition) is 5. The molecule has 0 aromatic heterocycles. The molecule has 2 fully saturated rings. The van der Waals surface area contributed by atoms with Gasteiger partial charge >= 0.3 is 0 Å². The minimum Gasteiger partial charge on any atom is -0.377 e. The van der Waals surface area contributed by atoms with Gasteiger partial charge in [0.2, 0.25) is 0 Å². The lowest BCUT2D eigenvalue weighted by atomic mass is 10.1. The number of hydrogen-bond donors (Lipinski definition) is 1. The lowest BCUT2D eigenvalue weighted by Gasteiger charge is -2.36. The second kappa shape index (κ2) is 7.67. The number of anilines is 2. The molecule has 1 heterocycles. The molecule has 146 valence electrons. The van der Waals surface area contributed by atoms with Crippen molar-refractivity contribution in [2.24, 2.45) is 0 Å². The molecule has 4 rings (SSSR count). The maximum Gasteiger partial charge on any atom is 0.292 e. The third kappa shape index (κ3) is 4.04. The zero-order chi connectivity index (χ0) is 19.7. The molecule has 2 aliphatic rings. The molecule has 0 unspecified atom stereocenters. The Bertz CT molecular complexity index is 891. The molecule has 0 radical (unpaired) electrons. The van der Waals surface area contributed by atoms with Gasteiger partial charge in [-0.3, -0.25) is 14.9 Å². The number of carbonyl (C=O) groups excluding carboxylic acids is 1. The fourth-order valence-electron chi connectivity index (χ4n) is 3.39. The first-order valence-electron chi connectivity index (χ1n) is 9.36. The monoisotopic (exact) mass is 400 g/mol. The fourth-order valence-corrected chi connectivity index (χ4v) is 3.51. The fraction of sp³-hybridized carbons (Fsp3) is 0.350. The average molecular weight is 401 g/mol. The predicted octanol–water partition coefficient (Wildman–Crippen LogP) is 3.78. The smallest absolute Gasteiger partial charge is 0.292 e. The first-order valence-corrected chi connectivity index (χ1v) is 9.74. The molecule has 2 aromatic carbocycles. The van der Waals surface area contributed by atoms with E-state index in [2.05, 4.69) is 10.2 Å². The molecule has 7 nitrogen and oxygen atoms in total. The Morgan fingerprint density at radius 1 is 1.07 bits per heavy atom. The topological polar surface area (TPSA) is 78.7 Å². The maximum atomic E-state index is 12.6. The van der Waals surface area contributed by atoms with Gasteiger partial charge in [0, 0.05) is 54.6 Å². The van der Waals surface area contributed by atoms with Crippen LogP contribution in [0.2, 0.25) is 5.02 Å². The van der Waals surface area contributed by atoms with Crippen molar-refractivity contribution < 1.29 is 9.72 Å². The normalized spacial score (nSPS) is 16.8. The van der Waals surface area contributed by atoms with Crippen molar-refractivity contribution >= 4 is 34.6 Å². The van der Waals surface area contributed by atoms with E-state index >= 15 is 0 Å². The number of nitrogens with one attached hydrogen (secondary N) is 1. The Balaban J connectivity index is 1.43. The van der Waals surface area contributed by atoms with E-state index in [0.717, 1.165) is 18.5 Å². The predicted molar refractivity (Wildman–Crippen MR) is 109 cm³/mol. The van der Waals surface area contributed by atoms with Gasteiger partial charge in [0.1, 0.15) is 5.69 Å². The molecule has 1 saturated carbocycles. The standard InChI is InChI=1S/C20H21ClN4O3/c21-15-3-1-14(2-4-15)20(26)24-11-9-23(10-12-24)17-7-8-19(25(27)28)18(13-17)22-16-5-6-16/h1-4,7-8,13,16,22H,5-6,9-12H2. The zero-order valence-electron chi connectivity index (χ0n) is 15.3. The van der Waals surface area contributed by atoms with E-state index in [0.29, 0.717) is 48.5 Å². The second-order valence-corrected chi connectivity index (χ2v) is 7.60. The summed E-state index contributed by atoms with van der Waals surface area (Å²) in [5, 5.41) is 15.1. The molecule has 0 bridgehead atoms. The van der Waals surface area contributed by atoms with E-state index in [1.807, 2.05) is 11.0 Å². The Morgan fingerprint density at radius 2 is 1.75 bits per heavy atom. The van der Waals surface area contributed by atoms with Gasteiger partial charge in [-0.2, -0.15) is 0 Å². The molecule has 0 atom stereocenters. The van der Waals surface area contributed by atoms with Gasteiger partial charge in [0.05, 0.1) is 4.92 Å². The molecule has 2 aromatic rings. The van der Waals surface area contributed by atoms with Crippen molar-refractivity contribution in [3.8, 4) is 0 Å². The Kier molecular flexibility index (Phi) is 5.09. The number of piperazine rings is 1. The summed E-state index contributed by atoms with van der Waals surface area (Å²) in [4.78, 5) is 27.6. The van der Waals surface area contributed by atoms with E-state index < -0.39 is 0 Å². The van der Waals surface area contributed by atoms with Crippen LogP contribution in [0.5, 0.6) is 0 Å². The van der Waals surface area contributed by atoms with Crippen LogP contribution in [0, 0.1) is 10.1 Å². The van der Waals surface area contributed by atoms with Crippen molar-refractivity contribution in [3.05, 3.63) is 63.2 Å². The maximum absolute atomic E-state index is 12.6. The third-order valence-electron chi connectivity index (χ3n) is 5.14. The van der Waals surface area contributed by atoms with Crippen molar-refractivity contribution in [1.29, 1.82) is 0 Å². The van der Waals surface area contributed by atoms with Crippen molar-refractivity contribution in [3.63, 3.8) is 0 Å². The van der Waals surface area contributed by atoms with Gasteiger partial charge in [-0.15, -0.1) is 0 Å². The van der Waals surface area contributed by atoms with E-state index in [9.17, 15) is 14.9 Å². The lowest BCUT2D eigenvalue weighted by molar-refractivity contribution is -0.384. The number of nitrogens with zero attached hydrogens (tertiary/aromatic N) is 3. The molecular formula is C20H21ClN4O3. The largest absolute Gasteiger partial charge is 0.377 e. The summed E-state index contributed by atoms with van der Waals surface area (Å²) in [6.45, 7) is 2.56. The number of nitro groups is 1. The van der Waals surface area contributed by atoms with Crippen LogP contribution in [0.25, 0.3) is 0 Å². The number of halogens is 1. The van der Waals surface area contributed by atoms with Gasteiger partial charge in [-0.05, 0) is 49.2 Å². The summed E-state index contributed by atoms with van der Waals surface area (Å²) in [5.74, 6) is -0.00361. The third-order valence-corrected chi connectivity index (χ3v) is 5.39. The molecular weight excluding hydrogens is 380 g/mol. The van der Waals surface area contributed by atoms with E-state index in [4.69, 9.17) is 11.6 Å². The van der Waals surface area contributed by atoms with Crippen molar-refractivity contribution in [1.82, 2.24) is 4.90 Å². The summed E-state index contributed by atoms with van der Waals surface area (Å²) in [5.41, 5.74) is 2.24. The van der Waals surface area contributed by atoms with Crippen LogP contribution in [-0.2, 0) is 0 Å². The van der Waals surface area contributed by atoms with Crippen LogP contribution in [-0.4, -0.2) is 48.0 Å². The minimum atomic E-state index is -0.350. The zero-order valence-corrected chi connectivity index (χ0v) is 16.1. The lowest BCUT2D eigenvalue weighted by Crippen LogP contribution is -2.48.